The van der Waals surface area contributed by atoms with E-state index < -0.39 is 11.6 Å². The number of amides is 2. The Bertz CT molecular complexity index is 648. The molecule has 0 aliphatic rings. The summed E-state index contributed by atoms with van der Waals surface area (Å²) >= 11 is 0. The van der Waals surface area contributed by atoms with Crippen LogP contribution in [0.2, 0.25) is 0 Å². The first kappa shape index (κ1) is 15.9. The molecule has 2 N–H and O–H groups in total. The van der Waals surface area contributed by atoms with Gasteiger partial charge in [0.05, 0.1) is 18.1 Å². The van der Waals surface area contributed by atoms with E-state index in [4.69, 9.17) is 4.52 Å². The van der Waals surface area contributed by atoms with Crippen LogP contribution in [0.1, 0.15) is 51.2 Å². The summed E-state index contributed by atoms with van der Waals surface area (Å²) in [7, 11) is 0. The molecular formula is C14H20N6O2. The molecule has 0 bridgehead atoms. The van der Waals surface area contributed by atoms with Gasteiger partial charge >= 0.3 is 6.03 Å². The maximum Gasteiger partial charge on any atom is 0.320 e. The third kappa shape index (κ3) is 3.78. The summed E-state index contributed by atoms with van der Waals surface area (Å²) in [6.07, 6.45) is 3.15. The quantitative estimate of drug-likeness (QED) is 0.898. The molecule has 0 saturated carbocycles. The fraction of sp³-hybridized carbons (Fsp3) is 0.500. The van der Waals surface area contributed by atoms with E-state index in [0.29, 0.717) is 17.4 Å². The fourth-order valence-electron chi connectivity index (χ4n) is 1.75. The lowest BCUT2D eigenvalue weighted by Crippen LogP contribution is -2.43. The van der Waals surface area contributed by atoms with Crippen molar-refractivity contribution in [2.24, 2.45) is 0 Å². The third-order valence-corrected chi connectivity index (χ3v) is 2.93. The Morgan fingerprint density at radius 3 is 2.41 bits per heavy atom. The molecule has 2 heterocycles. The van der Waals surface area contributed by atoms with Crippen LogP contribution in [0, 0.1) is 6.92 Å². The zero-order valence-electron chi connectivity index (χ0n) is 13.3. The highest BCUT2D eigenvalue weighted by atomic mass is 16.5. The number of aromatic nitrogens is 4. The Hall–Kier alpha value is -2.51. The van der Waals surface area contributed by atoms with Crippen LogP contribution < -0.4 is 10.6 Å². The van der Waals surface area contributed by atoms with Crippen molar-refractivity contribution in [2.45, 2.75) is 46.1 Å². The second-order valence-corrected chi connectivity index (χ2v) is 5.84. The molecule has 0 fully saturated rings. The smallest absolute Gasteiger partial charge is 0.320 e. The van der Waals surface area contributed by atoms with Crippen molar-refractivity contribution in [3.05, 3.63) is 29.9 Å². The standard InChI is InChI=1S/C14H20N6O2/c1-8(2)11-15-6-10(7-16-11)18-13(21)19-14(4,5)12-17-9(3)20-22-12/h6-8H,1-5H3,(H2,18,19,21). The number of nitrogens with one attached hydrogen (secondary N) is 2. The van der Waals surface area contributed by atoms with Crippen LogP contribution in [-0.4, -0.2) is 26.1 Å². The minimum absolute atomic E-state index is 0.238. The summed E-state index contributed by atoms with van der Waals surface area (Å²) in [5.74, 6) is 1.82. The van der Waals surface area contributed by atoms with Crippen LogP contribution in [-0.2, 0) is 5.54 Å². The molecule has 118 valence electrons. The zero-order chi connectivity index (χ0) is 16.3. The molecule has 0 spiro atoms. The maximum absolute atomic E-state index is 12.1. The third-order valence-electron chi connectivity index (χ3n) is 2.93. The van der Waals surface area contributed by atoms with Gasteiger partial charge in [-0.05, 0) is 20.8 Å². The van der Waals surface area contributed by atoms with Gasteiger partial charge in [-0.3, -0.25) is 0 Å². The van der Waals surface area contributed by atoms with Crippen molar-refractivity contribution in [2.75, 3.05) is 5.32 Å². The van der Waals surface area contributed by atoms with Crippen LogP contribution in [0.4, 0.5) is 10.5 Å². The molecule has 0 atom stereocenters. The molecule has 22 heavy (non-hydrogen) atoms. The van der Waals surface area contributed by atoms with E-state index in [0.717, 1.165) is 5.82 Å². The largest absolute Gasteiger partial charge is 0.337 e. The van der Waals surface area contributed by atoms with E-state index in [1.165, 1.54) is 0 Å². The summed E-state index contributed by atoms with van der Waals surface area (Å²) in [6, 6.07) is -0.401. The van der Waals surface area contributed by atoms with Crippen LogP contribution in [0.5, 0.6) is 0 Å². The predicted molar refractivity (Wildman–Crippen MR) is 80.3 cm³/mol. The van der Waals surface area contributed by atoms with Gasteiger partial charge in [0.1, 0.15) is 11.4 Å². The minimum atomic E-state index is -0.788. The first-order chi connectivity index (χ1) is 10.3. The van der Waals surface area contributed by atoms with Gasteiger partial charge in [-0.25, -0.2) is 14.8 Å². The van der Waals surface area contributed by atoms with E-state index >= 15 is 0 Å². The summed E-state index contributed by atoms with van der Waals surface area (Å²) in [6.45, 7) is 9.28. The molecule has 2 amide bonds. The van der Waals surface area contributed by atoms with Crippen LogP contribution >= 0.6 is 0 Å². The summed E-state index contributed by atoms with van der Waals surface area (Å²) in [5, 5.41) is 9.17. The van der Waals surface area contributed by atoms with Crippen molar-refractivity contribution in [1.82, 2.24) is 25.4 Å². The van der Waals surface area contributed by atoms with Crippen molar-refractivity contribution >= 4 is 11.7 Å². The van der Waals surface area contributed by atoms with Gasteiger partial charge in [-0.1, -0.05) is 19.0 Å². The average molecular weight is 304 g/mol. The fourth-order valence-corrected chi connectivity index (χ4v) is 1.75. The molecule has 2 aromatic heterocycles. The SMILES string of the molecule is Cc1noc(C(C)(C)NC(=O)Nc2cnc(C(C)C)nc2)n1. The number of hydrogen-bond donors (Lipinski definition) is 2. The minimum Gasteiger partial charge on any atom is -0.337 e. The number of aryl methyl sites for hydroxylation is 1. The van der Waals surface area contributed by atoms with Crippen molar-refractivity contribution in [3.63, 3.8) is 0 Å². The molecule has 0 aliphatic heterocycles. The number of carbonyl (C=O) groups excluding carboxylic acids is 1. The number of hydrogen-bond acceptors (Lipinski definition) is 6. The zero-order valence-corrected chi connectivity index (χ0v) is 13.3. The van der Waals surface area contributed by atoms with E-state index in [-0.39, 0.29) is 5.92 Å². The number of urea groups is 1. The van der Waals surface area contributed by atoms with Gasteiger partial charge in [0.15, 0.2) is 5.82 Å². The van der Waals surface area contributed by atoms with Crippen molar-refractivity contribution in [3.8, 4) is 0 Å². The number of carbonyl (C=O) groups is 1. The van der Waals surface area contributed by atoms with Gasteiger partial charge in [0.25, 0.3) is 5.89 Å². The van der Waals surface area contributed by atoms with Crippen molar-refractivity contribution < 1.29 is 9.32 Å². The maximum atomic E-state index is 12.1. The topological polar surface area (TPSA) is 106 Å². The summed E-state index contributed by atoms with van der Waals surface area (Å²) < 4.78 is 5.09. The van der Waals surface area contributed by atoms with Crippen LogP contribution in [0.3, 0.4) is 0 Å². The van der Waals surface area contributed by atoms with Gasteiger partial charge < -0.3 is 15.2 Å². The lowest BCUT2D eigenvalue weighted by atomic mass is 10.1. The first-order valence-electron chi connectivity index (χ1n) is 7.00. The van der Waals surface area contributed by atoms with E-state index in [1.54, 1.807) is 33.2 Å². The van der Waals surface area contributed by atoms with E-state index in [1.807, 2.05) is 13.8 Å². The lowest BCUT2D eigenvalue weighted by molar-refractivity contribution is 0.228. The van der Waals surface area contributed by atoms with Gasteiger partial charge in [0.2, 0.25) is 0 Å². The average Bonchev–Trinajstić information content (AvgIpc) is 2.86. The predicted octanol–water partition coefficient (Wildman–Crippen LogP) is 2.35. The second kappa shape index (κ2) is 6.08. The lowest BCUT2D eigenvalue weighted by Gasteiger charge is -2.21. The normalized spacial score (nSPS) is 11.5. The molecule has 0 radical (unpaired) electrons. The Morgan fingerprint density at radius 2 is 1.91 bits per heavy atom. The second-order valence-electron chi connectivity index (χ2n) is 5.84. The molecule has 2 aromatic rings. The summed E-state index contributed by atoms with van der Waals surface area (Å²) in [4.78, 5) is 24.6. The molecule has 8 heteroatoms. The highest BCUT2D eigenvalue weighted by Gasteiger charge is 2.29. The highest BCUT2D eigenvalue weighted by molar-refractivity contribution is 5.89. The number of rotatable bonds is 4. The molecule has 2 rings (SSSR count). The molecule has 8 nitrogen and oxygen atoms in total. The molecule has 0 aromatic carbocycles. The molecule has 0 unspecified atom stereocenters. The first-order valence-corrected chi connectivity index (χ1v) is 7.00. The Morgan fingerprint density at radius 1 is 1.27 bits per heavy atom. The monoisotopic (exact) mass is 304 g/mol. The summed E-state index contributed by atoms with van der Waals surface area (Å²) in [5.41, 5.74) is -0.274. The van der Waals surface area contributed by atoms with Gasteiger partial charge in [-0.15, -0.1) is 0 Å². The van der Waals surface area contributed by atoms with Crippen LogP contribution in [0.25, 0.3) is 0 Å². The Kier molecular flexibility index (Phi) is 4.39. The van der Waals surface area contributed by atoms with Crippen LogP contribution in [0.15, 0.2) is 16.9 Å². The molecule has 0 aliphatic carbocycles. The number of anilines is 1. The number of nitrogens with zero attached hydrogens (tertiary/aromatic N) is 4. The Balaban J connectivity index is 2.00. The van der Waals surface area contributed by atoms with E-state index in [2.05, 4.69) is 30.7 Å². The highest BCUT2D eigenvalue weighted by Crippen LogP contribution is 2.18. The van der Waals surface area contributed by atoms with Crippen molar-refractivity contribution in [1.29, 1.82) is 0 Å². The van der Waals surface area contributed by atoms with E-state index in [9.17, 15) is 4.79 Å². The van der Waals surface area contributed by atoms with Gasteiger partial charge in [-0.2, -0.15) is 4.98 Å². The van der Waals surface area contributed by atoms with Gasteiger partial charge in [0, 0.05) is 5.92 Å². The molecule has 0 saturated heterocycles. The molecular weight excluding hydrogens is 284 g/mol. The Labute approximate surface area is 128 Å².